The standard InChI is InChI=1S/C14H13NS/c1-9(2)10-3-4-13-11(7-10)12-8-15-6-5-14(12)16-13/h3-9H,1-2H3. The van der Waals surface area contributed by atoms with Crippen LogP contribution in [0.4, 0.5) is 0 Å². The Hall–Kier alpha value is -1.41. The summed E-state index contributed by atoms with van der Waals surface area (Å²) in [4.78, 5) is 4.22. The average Bonchev–Trinajstić information content (AvgIpc) is 2.66. The van der Waals surface area contributed by atoms with E-state index in [1.165, 1.54) is 25.7 Å². The lowest BCUT2D eigenvalue weighted by Crippen LogP contribution is -1.85. The number of thiophene rings is 1. The summed E-state index contributed by atoms with van der Waals surface area (Å²) in [5, 5.41) is 2.63. The lowest BCUT2D eigenvalue weighted by Gasteiger charge is -2.04. The molecule has 1 aromatic carbocycles. The highest BCUT2D eigenvalue weighted by atomic mass is 32.1. The highest BCUT2D eigenvalue weighted by molar-refractivity contribution is 7.25. The normalized spacial score (nSPS) is 11.7. The van der Waals surface area contributed by atoms with Gasteiger partial charge in [-0.05, 0) is 29.7 Å². The molecule has 0 unspecified atom stereocenters. The number of nitrogens with zero attached hydrogens (tertiary/aromatic N) is 1. The molecule has 0 aliphatic carbocycles. The van der Waals surface area contributed by atoms with Crippen molar-refractivity contribution in [1.29, 1.82) is 0 Å². The van der Waals surface area contributed by atoms with E-state index in [1.54, 1.807) is 0 Å². The second-order valence-electron chi connectivity index (χ2n) is 4.38. The second kappa shape index (κ2) is 3.56. The van der Waals surface area contributed by atoms with E-state index in [4.69, 9.17) is 0 Å². The van der Waals surface area contributed by atoms with Crippen LogP contribution in [-0.2, 0) is 0 Å². The van der Waals surface area contributed by atoms with Crippen LogP contribution in [0.3, 0.4) is 0 Å². The Labute approximate surface area is 98.7 Å². The van der Waals surface area contributed by atoms with Gasteiger partial charge in [-0.25, -0.2) is 0 Å². The zero-order chi connectivity index (χ0) is 11.1. The molecular formula is C14H13NS. The van der Waals surface area contributed by atoms with E-state index in [2.05, 4.69) is 43.1 Å². The van der Waals surface area contributed by atoms with Gasteiger partial charge in [-0.15, -0.1) is 11.3 Å². The molecule has 0 aliphatic rings. The molecule has 2 heterocycles. The predicted molar refractivity (Wildman–Crippen MR) is 71.2 cm³/mol. The van der Waals surface area contributed by atoms with Crippen molar-refractivity contribution in [2.75, 3.05) is 0 Å². The van der Waals surface area contributed by atoms with Crippen LogP contribution in [0.5, 0.6) is 0 Å². The first kappa shape index (κ1) is 9.79. The largest absolute Gasteiger partial charge is 0.264 e. The van der Waals surface area contributed by atoms with Gasteiger partial charge in [0, 0.05) is 32.6 Å². The average molecular weight is 227 g/mol. The van der Waals surface area contributed by atoms with Crippen LogP contribution >= 0.6 is 11.3 Å². The number of hydrogen-bond donors (Lipinski definition) is 0. The van der Waals surface area contributed by atoms with Gasteiger partial charge in [0.2, 0.25) is 0 Å². The number of fused-ring (bicyclic) bond motifs is 3. The third kappa shape index (κ3) is 1.41. The third-order valence-corrected chi connectivity index (χ3v) is 4.11. The van der Waals surface area contributed by atoms with Crippen LogP contribution in [0.15, 0.2) is 36.7 Å². The van der Waals surface area contributed by atoms with Crippen molar-refractivity contribution < 1.29 is 0 Å². The summed E-state index contributed by atoms with van der Waals surface area (Å²) >= 11 is 1.84. The molecule has 1 nitrogen and oxygen atoms in total. The van der Waals surface area contributed by atoms with Crippen molar-refractivity contribution in [1.82, 2.24) is 4.98 Å². The number of benzene rings is 1. The van der Waals surface area contributed by atoms with Gasteiger partial charge in [0.1, 0.15) is 0 Å². The number of aromatic nitrogens is 1. The molecule has 0 spiro atoms. The molecule has 0 bridgehead atoms. The molecule has 0 saturated heterocycles. The van der Waals surface area contributed by atoms with E-state index < -0.39 is 0 Å². The summed E-state index contributed by atoms with van der Waals surface area (Å²) in [6, 6.07) is 8.86. The molecule has 2 aromatic heterocycles. The Morgan fingerprint density at radius 1 is 1.06 bits per heavy atom. The monoisotopic (exact) mass is 227 g/mol. The molecule has 0 fully saturated rings. The van der Waals surface area contributed by atoms with Gasteiger partial charge in [0.15, 0.2) is 0 Å². The zero-order valence-electron chi connectivity index (χ0n) is 9.40. The van der Waals surface area contributed by atoms with E-state index >= 15 is 0 Å². The maximum absolute atomic E-state index is 4.22. The Morgan fingerprint density at radius 2 is 1.88 bits per heavy atom. The fourth-order valence-corrected chi connectivity index (χ4v) is 3.05. The van der Waals surface area contributed by atoms with Gasteiger partial charge in [-0.2, -0.15) is 0 Å². The van der Waals surface area contributed by atoms with Gasteiger partial charge >= 0.3 is 0 Å². The van der Waals surface area contributed by atoms with E-state index in [0.29, 0.717) is 5.92 Å². The number of pyridine rings is 1. The summed E-state index contributed by atoms with van der Waals surface area (Å²) in [6.45, 7) is 4.46. The maximum atomic E-state index is 4.22. The van der Waals surface area contributed by atoms with E-state index in [1.807, 2.05) is 23.7 Å². The van der Waals surface area contributed by atoms with Crippen LogP contribution in [0, 0.1) is 0 Å². The van der Waals surface area contributed by atoms with Crippen molar-refractivity contribution in [2.24, 2.45) is 0 Å². The van der Waals surface area contributed by atoms with Crippen LogP contribution < -0.4 is 0 Å². The van der Waals surface area contributed by atoms with Crippen LogP contribution in [0.1, 0.15) is 25.3 Å². The van der Waals surface area contributed by atoms with Crippen LogP contribution in [0.25, 0.3) is 20.2 Å². The Balaban J connectivity index is 2.40. The van der Waals surface area contributed by atoms with Crippen molar-refractivity contribution in [3.05, 3.63) is 42.2 Å². The first-order valence-corrected chi connectivity index (χ1v) is 6.33. The van der Waals surface area contributed by atoms with Crippen molar-refractivity contribution in [2.45, 2.75) is 19.8 Å². The highest BCUT2D eigenvalue weighted by Gasteiger charge is 2.06. The van der Waals surface area contributed by atoms with Gasteiger partial charge in [0.05, 0.1) is 0 Å². The molecular weight excluding hydrogens is 214 g/mol. The van der Waals surface area contributed by atoms with Gasteiger partial charge in [-0.3, -0.25) is 4.98 Å². The second-order valence-corrected chi connectivity index (χ2v) is 5.47. The summed E-state index contributed by atoms with van der Waals surface area (Å²) in [6.07, 6.45) is 3.83. The summed E-state index contributed by atoms with van der Waals surface area (Å²) in [5.41, 5.74) is 1.40. The molecule has 0 radical (unpaired) electrons. The van der Waals surface area contributed by atoms with E-state index in [0.717, 1.165) is 0 Å². The molecule has 3 rings (SSSR count). The van der Waals surface area contributed by atoms with Crippen molar-refractivity contribution >= 4 is 31.5 Å². The summed E-state index contributed by atoms with van der Waals surface area (Å²) in [5.74, 6) is 0.580. The first-order chi connectivity index (χ1) is 7.75. The molecule has 0 atom stereocenters. The fraction of sp³-hybridized carbons (Fsp3) is 0.214. The van der Waals surface area contributed by atoms with Gasteiger partial charge in [-0.1, -0.05) is 19.9 Å². The molecule has 0 amide bonds. The summed E-state index contributed by atoms with van der Waals surface area (Å²) < 4.78 is 2.68. The van der Waals surface area contributed by atoms with Gasteiger partial charge < -0.3 is 0 Å². The Kier molecular flexibility index (Phi) is 2.18. The minimum absolute atomic E-state index is 0.580. The lowest BCUT2D eigenvalue weighted by molar-refractivity contribution is 0.869. The topological polar surface area (TPSA) is 12.9 Å². The maximum Gasteiger partial charge on any atom is 0.0386 e. The zero-order valence-corrected chi connectivity index (χ0v) is 10.2. The smallest absolute Gasteiger partial charge is 0.0386 e. The Morgan fingerprint density at radius 3 is 2.69 bits per heavy atom. The van der Waals surface area contributed by atoms with Gasteiger partial charge in [0.25, 0.3) is 0 Å². The minimum Gasteiger partial charge on any atom is -0.264 e. The summed E-state index contributed by atoms with van der Waals surface area (Å²) in [7, 11) is 0. The van der Waals surface area contributed by atoms with Crippen LogP contribution in [0.2, 0.25) is 0 Å². The van der Waals surface area contributed by atoms with E-state index in [-0.39, 0.29) is 0 Å². The van der Waals surface area contributed by atoms with Crippen molar-refractivity contribution in [3.63, 3.8) is 0 Å². The Bertz CT molecular complexity index is 652. The van der Waals surface area contributed by atoms with Crippen LogP contribution in [-0.4, -0.2) is 4.98 Å². The number of rotatable bonds is 1. The first-order valence-electron chi connectivity index (χ1n) is 5.52. The minimum atomic E-state index is 0.580. The quantitative estimate of drug-likeness (QED) is 0.593. The molecule has 16 heavy (non-hydrogen) atoms. The fourth-order valence-electron chi connectivity index (χ4n) is 2.00. The molecule has 0 N–H and O–H groups in total. The lowest BCUT2D eigenvalue weighted by atomic mass is 10.0. The molecule has 80 valence electrons. The number of hydrogen-bond acceptors (Lipinski definition) is 2. The molecule has 0 saturated carbocycles. The SMILES string of the molecule is CC(C)c1ccc2sc3ccncc3c2c1. The van der Waals surface area contributed by atoms with E-state index in [9.17, 15) is 0 Å². The molecule has 0 aliphatic heterocycles. The third-order valence-electron chi connectivity index (χ3n) is 2.96. The molecule has 2 heteroatoms. The van der Waals surface area contributed by atoms with Crippen molar-refractivity contribution in [3.8, 4) is 0 Å². The molecule has 3 aromatic rings. The highest BCUT2D eigenvalue weighted by Crippen LogP contribution is 2.34. The predicted octanol–water partition coefficient (Wildman–Crippen LogP) is 4.57.